The third-order valence-electron chi connectivity index (χ3n) is 2.97. The molecule has 0 aliphatic rings. The first-order valence-electron chi connectivity index (χ1n) is 6.44. The van der Waals surface area contributed by atoms with Crippen LogP contribution in [0, 0.1) is 0 Å². The zero-order valence-corrected chi connectivity index (χ0v) is 12.5. The Morgan fingerprint density at radius 3 is 2.80 bits per heavy atom. The maximum atomic E-state index is 11.3. The monoisotopic (exact) mass is 294 g/mol. The maximum Gasteiger partial charge on any atom is 0.191 e. The Labute approximate surface area is 121 Å². The Morgan fingerprint density at radius 1 is 1.50 bits per heavy atom. The van der Waals surface area contributed by atoms with Crippen LogP contribution >= 0.6 is 11.8 Å². The number of nitrogens with one attached hydrogen (secondary N) is 2. The minimum absolute atomic E-state index is 0.366. The summed E-state index contributed by atoms with van der Waals surface area (Å²) in [5, 5.41) is 13.8. The van der Waals surface area contributed by atoms with Gasteiger partial charge in [0.15, 0.2) is 11.4 Å². The summed E-state index contributed by atoms with van der Waals surface area (Å²) >= 11 is 1.43. The van der Waals surface area contributed by atoms with Crippen LogP contribution in [0.5, 0.6) is 0 Å². The van der Waals surface area contributed by atoms with E-state index in [2.05, 4.69) is 20.3 Å². The smallest absolute Gasteiger partial charge is 0.191 e. The van der Waals surface area contributed by atoms with Gasteiger partial charge in [-0.3, -0.25) is 4.79 Å². The highest BCUT2D eigenvalue weighted by molar-refractivity contribution is 7.98. The van der Waals surface area contributed by atoms with Crippen molar-refractivity contribution in [2.45, 2.75) is 31.5 Å². The van der Waals surface area contributed by atoms with E-state index in [0.29, 0.717) is 34.1 Å². The fourth-order valence-electron chi connectivity index (χ4n) is 2.02. The van der Waals surface area contributed by atoms with Gasteiger partial charge in [-0.15, -0.1) is 0 Å². The second-order valence-corrected chi connectivity index (χ2v) is 5.27. The van der Waals surface area contributed by atoms with E-state index in [1.807, 2.05) is 13.2 Å². The van der Waals surface area contributed by atoms with Crippen molar-refractivity contribution in [3.8, 4) is 0 Å². The quantitative estimate of drug-likeness (QED) is 0.428. The Hall–Kier alpha value is -1.60. The number of aryl methyl sites for hydroxylation is 1. The van der Waals surface area contributed by atoms with E-state index in [1.54, 1.807) is 6.92 Å². The van der Waals surface area contributed by atoms with E-state index in [9.17, 15) is 9.90 Å². The second-order valence-electron chi connectivity index (χ2n) is 4.50. The summed E-state index contributed by atoms with van der Waals surface area (Å²) in [6.07, 6.45) is 2.94. The maximum absolute atomic E-state index is 11.3. The summed E-state index contributed by atoms with van der Waals surface area (Å²) in [4.78, 5) is 23.3. The van der Waals surface area contributed by atoms with Crippen LogP contribution in [-0.2, 0) is 6.42 Å². The molecule has 108 valence electrons. The minimum Gasteiger partial charge on any atom is -0.392 e. The van der Waals surface area contributed by atoms with Gasteiger partial charge in [0.05, 0.1) is 11.5 Å². The zero-order valence-electron chi connectivity index (χ0n) is 11.7. The molecule has 1 atom stereocenters. The van der Waals surface area contributed by atoms with Gasteiger partial charge in [0, 0.05) is 17.8 Å². The average Bonchev–Trinajstić information content (AvgIpc) is 2.81. The molecule has 7 heteroatoms. The summed E-state index contributed by atoms with van der Waals surface area (Å²) in [5.74, 6) is 0.582. The molecule has 0 amide bonds. The molecule has 0 radical (unpaired) electrons. The molecule has 0 aromatic carbocycles. The third kappa shape index (κ3) is 2.78. The number of nitrogens with zero attached hydrogens (tertiary/aromatic N) is 2. The molecule has 2 aromatic rings. The van der Waals surface area contributed by atoms with E-state index >= 15 is 0 Å². The van der Waals surface area contributed by atoms with Gasteiger partial charge in [0.25, 0.3) is 0 Å². The normalized spacial score (nSPS) is 12.6. The molecule has 0 spiro atoms. The van der Waals surface area contributed by atoms with Gasteiger partial charge < -0.3 is 15.4 Å². The lowest BCUT2D eigenvalue weighted by atomic mass is 10.1. The number of aromatic nitrogens is 3. The number of rotatable bonds is 6. The molecule has 0 saturated carbocycles. The van der Waals surface area contributed by atoms with Crippen molar-refractivity contribution in [1.29, 1.82) is 0 Å². The van der Waals surface area contributed by atoms with E-state index in [1.165, 1.54) is 11.8 Å². The minimum atomic E-state index is -0.498. The van der Waals surface area contributed by atoms with Crippen molar-refractivity contribution in [1.82, 2.24) is 15.0 Å². The first-order valence-corrected chi connectivity index (χ1v) is 7.66. The SMILES string of the molecule is CCc1[nH]c2nc(SC)nc(NCC(C)O)c2c1C=O. The Morgan fingerprint density at radius 2 is 2.25 bits per heavy atom. The number of aliphatic hydroxyl groups is 1. The first kappa shape index (κ1) is 14.8. The number of aldehydes is 1. The summed E-state index contributed by atoms with van der Waals surface area (Å²) in [5.41, 5.74) is 2.09. The molecule has 0 aliphatic carbocycles. The zero-order chi connectivity index (χ0) is 14.7. The predicted molar refractivity (Wildman–Crippen MR) is 80.6 cm³/mol. The average molecular weight is 294 g/mol. The molecule has 6 nitrogen and oxygen atoms in total. The highest BCUT2D eigenvalue weighted by atomic mass is 32.2. The molecule has 20 heavy (non-hydrogen) atoms. The first-order chi connectivity index (χ1) is 9.60. The lowest BCUT2D eigenvalue weighted by Gasteiger charge is -2.10. The topological polar surface area (TPSA) is 90.9 Å². The van der Waals surface area contributed by atoms with Crippen molar-refractivity contribution in [2.75, 3.05) is 18.1 Å². The number of hydrogen-bond acceptors (Lipinski definition) is 6. The summed E-state index contributed by atoms with van der Waals surface area (Å²) in [6.45, 7) is 4.03. The molecule has 2 aromatic heterocycles. The molecule has 3 N–H and O–H groups in total. The Balaban J connectivity index is 2.61. The molecular weight excluding hydrogens is 276 g/mol. The largest absolute Gasteiger partial charge is 0.392 e. The van der Waals surface area contributed by atoms with Gasteiger partial charge in [-0.2, -0.15) is 0 Å². The second kappa shape index (κ2) is 6.23. The number of aromatic amines is 1. The molecule has 2 heterocycles. The summed E-state index contributed by atoms with van der Waals surface area (Å²) < 4.78 is 0. The lowest BCUT2D eigenvalue weighted by Crippen LogP contribution is -2.16. The Bertz CT molecular complexity index is 624. The lowest BCUT2D eigenvalue weighted by molar-refractivity contribution is 0.112. The summed E-state index contributed by atoms with van der Waals surface area (Å²) in [7, 11) is 0. The molecule has 0 aliphatic heterocycles. The van der Waals surface area contributed by atoms with Crippen LogP contribution in [0.25, 0.3) is 11.0 Å². The van der Waals surface area contributed by atoms with E-state index < -0.39 is 6.10 Å². The molecule has 0 saturated heterocycles. The van der Waals surface area contributed by atoms with E-state index in [-0.39, 0.29) is 0 Å². The Kier molecular flexibility index (Phi) is 4.61. The predicted octanol–water partition coefficient (Wildman–Crippen LogP) is 1.85. The number of anilines is 1. The molecule has 0 bridgehead atoms. The number of H-pyrrole nitrogens is 1. The van der Waals surface area contributed by atoms with Crippen LogP contribution in [0.2, 0.25) is 0 Å². The highest BCUT2D eigenvalue weighted by Crippen LogP contribution is 2.28. The van der Waals surface area contributed by atoms with Crippen LogP contribution in [0.4, 0.5) is 5.82 Å². The van der Waals surface area contributed by atoms with E-state index in [4.69, 9.17) is 0 Å². The molecule has 0 fully saturated rings. The van der Waals surface area contributed by atoms with Crippen LogP contribution in [0.3, 0.4) is 0 Å². The van der Waals surface area contributed by atoms with Crippen molar-refractivity contribution in [3.05, 3.63) is 11.3 Å². The molecule has 2 rings (SSSR count). The van der Waals surface area contributed by atoms with Crippen LogP contribution in [0.15, 0.2) is 5.16 Å². The molecular formula is C13H18N4O2S. The van der Waals surface area contributed by atoms with Crippen molar-refractivity contribution in [3.63, 3.8) is 0 Å². The fourth-order valence-corrected chi connectivity index (χ4v) is 2.38. The van der Waals surface area contributed by atoms with Crippen molar-refractivity contribution < 1.29 is 9.90 Å². The number of aliphatic hydroxyl groups excluding tert-OH is 1. The number of hydrogen-bond donors (Lipinski definition) is 3. The van der Waals surface area contributed by atoms with Gasteiger partial charge in [0.2, 0.25) is 0 Å². The summed E-state index contributed by atoms with van der Waals surface area (Å²) in [6, 6.07) is 0. The van der Waals surface area contributed by atoms with Gasteiger partial charge in [-0.25, -0.2) is 9.97 Å². The van der Waals surface area contributed by atoms with Gasteiger partial charge in [-0.1, -0.05) is 18.7 Å². The number of carbonyl (C=O) groups is 1. The third-order valence-corrected chi connectivity index (χ3v) is 3.52. The standard InChI is InChI=1S/C13H18N4O2S/c1-4-9-8(6-18)10-11(14-5-7(2)19)16-13(20-3)17-12(10)15-9/h6-7,19H,4-5H2,1-3H3,(H2,14,15,16,17). The molecule has 1 unspecified atom stereocenters. The van der Waals surface area contributed by atoms with Crippen molar-refractivity contribution >= 4 is 34.9 Å². The number of carbonyl (C=O) groups excluding carboxylic acids is 1. The fraction of sp³-hybridized carbons (Fsp3) is 0.462. The van der Waals surface area contributed by atoms with Crippen LogP contribution in [0.1, 0.15) is 29.9 Å². The van der Waals surface area contributed by atoms with Crippen LogP contribution < -0.4 is 5.32 Å². The van der Waals surface area contributed by atoms with Crippen molar-refractivity contribution in [2.24, 2.45) is 0 Å². The van der Waals surface area contributed by atoms with Gasteiger partial charge in [-0.05, 0) is 19.6 Å². The van der Waals surface area contributed by atoms with Gasteiger partial charge >= 0.3 is 0 Å². The number of thioether (sulfide) groups is 1. The number of fused-ring (bicyclic) bond motifs is 1. The van der Waals surface area contributed by atoms with Crippen LogP contribution in [-0.4, -0.2) is 45.2 Å². The van der Waals surface area contributed by atoms with Gasteiger partial charge in [0.1, 0.15) is 11.5 Å². The highest BCUT2D eigenvalue weighted by Gasteiger charge is 2.17. The van der Waals surface area contributed by atoms with E-state index in [0.717, 1.165) is 18.4 Å².